The quantitative estimate of drug-likeness (QED) is 0.0384. The Morgan fingerprint density at radius 1 is 0.500 bits per heavy atom. The zero-order chi connectivity index (χ0) is 63.2. The van der Waals surface area contributed by atoms with Crippen LogP contribution in [0.4, 0.5) is 23.4 Å². The number of aliphatic hydroxyl groups is 4. The van der Waals surface area contributed by atoms with Gasteiger partial charge in [0.25, 0.3) is 0 Å². The summed E-state index contributed by atoms with van der Waals surface area (Å²) in [5.41, 5.74) is 9.36. The number of aliphatic hydroxyl groups excluding tert-OH is 4. The first-order valence-corrected chi connectivity index (χ1v) is 33.2. The third kappa shape index (κ3) is 27.7. The van der Waals surface area contributed by atoms with Gasteiger partial charge in [0.1, 0.15) is 40.1 Å². The van der Waals surface area contributed by atoms with E-state index in [4.69, 9.17) is 32.5 Å². The zero-order valence-corrected chi connectivity index (χ0v) is 57.1. The molecule has 0 amide bonds. The number of anilines is 4. The minimum absolute atomic E-state index is 0. The Kier molecular flexibility index (Phi) is 37.1. The molecule has 0 radical (unpaired) electrons. The van der Waals surface area contributed by atoms with Crippen molar-refractivity contribution in [3.05, 3.63) is 130 Å². The molecule has 0 saturated heterocycles. The van der Waals surface area contributed by atoms with E-state index in [1.54, 1.807) is 62.4 Å². The third-order valence-electron chi connectivity index (χ3n) is 14.5. The van der Waals surface area contributed by atoms with Crippen LogP contribution in [0.25, 0.3) is 22.5 Å². The molecular formula is C59H81BBr2ClLiN16O7S3. The van der Waals surface area contributed by atoms with Crippen LogP contribution in [0.15, 0.2) is 107 Å². The van der Waals surface area contributed by atoms with Gasteiger partial charge in [-0.1, -0.05) is 29.8 Å². The van der Waals surface area contributed by atoms with Crippen LogP contribution < -0.4 is 51.5 Å². The largest absolute Gasteiger partial charge is 1.00 e. The van der Waals surface area contributed by atoms with Crippen LogP contribution in [0.3, 0.4) is 0 Å². The van der Waals surface area contributed by atoms with Crippen LogP contribution in [-0.4, -0.2) is 154 Å². The maximum Gasteiger partial charge on any atom is 1.00 e. The molecule has 4 saturated carbocycles. The predicted molar refractivity (Wildman–Crippen MR) is 367 cm³/mol. The average Bonchev–Trinajstić information content (AvgIpc) is 2.89. The fourth-order valence-electron chi connectivity index (χ4n) is 9.54. The number of hydrogen-bond donors (Lipinski definition) is 14. The fraction of sp³-hybridized carbons (Fsp3) is 0.475. The summed E-state index contributed by atoms with van der Waals surface area (Å²) in [5, 5.41) is 68.5. The van der Waals surface area contributed by atoms with Gasteiger partial charge in [-0.2, -0.15) is 42.9 Å². The molecule has 0 bridgehead atoms. The molecule has 7 aromatic heterocycles. The third-order valence-corrected chi connectivity index (χ3v) is 17.0. The average molecular weight is 1440 g/mol. The Labute approximate surface area is 577 Å². The van der Waals surface area contributed by atoms with Crippen molar-refractivity contribution in [2.45, 2.75) is 169 Å². The van der Waals surface area contributed by atoms with E-state index < -0.39 is 7.12 Å². The molecule has 13 N–H and O–H groups in total. The Bertz CT molecular complexity index is 2990. The molecule has 23 nitrogen and oxygen atoms in total. The van der Waals surface area contributed by atoms with Gasteiger partial charge >= 0.3 is 26.0 Å². The van der Waals surface area contributed by atoms with Crippen molar-refractivity contribution < 1.29 is 54.8 Å². The van der Waals surface area contributed by atoms with Crippen molar-refractivity contribution in [3.63, 3.8) is 0 Å². The van der Waals surface area contributed by atoms with Crippen molar-refractivity contribution in [2.24, 2.45) is 5.73 Å². The van der Waals surface area contributed by atoms with Crippen molar-refractivity contribution in [3.8, 4) is 22.5 Å². The van der Waals surface area contributed by atoms with Crippen molar-refractivity contribution in [1.29, 1.82) is 0 Å². The van der Waals surface area contributed by atoms with E-state index in [1.165, 1.54) is 6.20 Å². The molecule has 0 aliphatic heterocycles. The van der Waals surface area contributed by atoms with Gasteiger partial charge in [-0.15, -0.1) is 0 Å². The van der Waals surface area contributed by atoms with E-state index in [1.807, 2.05) is 36.4 Å². The molecule has 4 aliphatic rings. The molecule has 11 rings (SSSR count). The molecule has 31 heteroatoms. The number of nitrogens with two attached hydrogens (primary N) is 1. The number of rotatable bonds is 13. The van der Waals surface area contributed by atoms with Gasteiger partial charge in [0.05, 0.1) is 78.7 Å². The monoisotopic (exact) mass is 1430 g/mol. The first-order valence-electron chi connectivity index (χ1n) is 29.3. The zero-order valence-electron chi connectivity index (χ0n) is 50.5. The van der Waals surface area contributed by atoms with E-state index in [-0.39, 0.29) is 54.3 Å². The summed E-state index contributed by atoms with van der Waals surface area (Å²) < 4.78 is 1.58. The van der Waals surface area contributed by atoms with Crippen LogP contribution in [-0.2, 0) is 17.3 Å². The molecule has 0 unspecified atom stereocenters. The smallest absolute Gasteiger partial charge is 0.870 e. The molecule has 90 heavy (non-hydrogen) atoms. The Hall–Kier alpha value is -4.39. The summed E-state index contributed by atoms with van der Waals surface area (Å²) >= 11 is 24.7. The number of hydrogen-bond acceptors (Lipinski definition) is 26. The Balaban J connectivity index is 0.000000239. The number of thiol groups is 3. The molecular weight excluding hydrogens is 1350 g/mol. The van der Waals surface area contributed by atoms with Crippen LogP contribution in [0, 0.1) is 0 Å². The van der Waals surface area contributed by atoms with E-state index in [2.05, 4.69) is 146 Å². The SMILES string of the molecule is CNc1ncc(-c2ccccn2)c(NC2CCC(O)CC2)n1.NC1CCC(O)CC1.OB(O)c1ccccn1.OC1CCC(Nc2nc(CS)ncc2-c2ccccn2)CC1.OC1CCC(Nc2nc(CS)ncc2Br)CC1.SCc1ncc(Br)c(Cl)n1.[Li+].[OH-]. The number of aromatic nitrogens is 11. The van der Waals surface area contributed by atoms with Crippen LogP contribution in [0.2, 0.25) is 5.15 Å². The van der Waals surface area contributed by atoms with Gasteiger partial charge in [-0.3, -0.25) is 15.0 Å². The Morgan fingerprint density at radius 2 is 0.878 bits per heavy atom. The molecule has 0 aromatic carbocycles. The predicted octanol–water partition coefficient (Wildman–Crippen LogP) is 5.52. The van der Waals surface area contributed by atoms with E-state index in [9.17, 15) is 15.3 Å². The number of nitrogens with zero attached hydrogens (tertiary/aromatic N) is 11. The topological polar surface area (TPSA) is 367 Å². The number of halogens is 3. The first kappa shape index (κ1) is 78.1. The van der Waals surface area contributed by atoms with E-state index in [0.29, 0.717) is 68.6 Å². The van der Waals surface area contributed by atoms with Gasteiger partial charge in [0, 0.05) is 74.6 Å². The van der Waals surface area contributed by atoms with Gasteiger partial charge in [0.2, 0.25) is 5.95 Å². The Morgan fingerprint density at radius 3 is 1.26 bits per heavy atom. The van der Waals surface area contributed by atoms with Gasteiger partial charge in [-0.25, -0.2) is 34.9 Å². The van der Waals surface area contributed by atoms with Gasteiger partial charge < -0.3 is 63.0 Å². The van der Waals surface area contributed by atoms with Crippen molar-refractivity contribution >= 4 is 117 Å². The molecule has 7 heterocycles. The second-order valence-electron chi connectivity index (χ2n) is 21.2. The summed E-state index contributed by atoms with van der Waals surface area (Å²) in [4.78, 5) is 46.6. The van der Waals surface area contributed by atoms with Crippen LogP contribution >= 0.6 is 81.3 Å². The van der Waals surface area contributed by atoms with Crippen LogP contribution in [0.5, 0.6) is 0 Å². The minimum atomic E-state index is -1.45. The second-order valence-corrected chi connectivity index (χ2v) is 24.2. The summed E-state index contributed by atoms with van der Waals surface area (Å²) in [7, 11) is 0.350. The van der Waals surface area contributed by atoms with Crippen LogP contribution in [0.1, 0.15) is 120 Å². The summed E-state index contributed by atoms with van der Waals surface area (Å²) in [6, 6.07) is 17.9. The molecule has 4 aliphatic carbocycles. The maximum absolute atomic E-state index is 9.63. The van der Waals surface area contributed by atoms with Crippen molar-refractivity contribution in [1.82, 2.24) is 54.8 Å². The van der Waals surface area contributed by atoms with Gasteiger partial charge in [-0.05, 0) is 171 Å². The molecule has 0 spiro atoms. The van der Waals surface area contributed by atoms with E-state index in [0.717, 1.165) is 153 Å². The van der Waals surface area contributed by atoms with Crippen molar-refractivity contribution in [2.75, 3.05) is 28.3 Å². The molecule has 4 fully saturated rings. The molecule has 482 valence electrons. The standard InChI is InChI=1S/C16H21N5O.C16H20N4OS.C11H16BrN3OS.C6H13NO.C5H6BNO2.C5H4BrClN2S.Li.H2O/c1-17-16-19-10-13(14-4-2-3-9-18-14)15(21-16)20-11-5-7-12(22)8-6-11;21-12-6-4-11(5-7-12)19-16-13(9-18-15(10-22)20-16)14-3-1-2-8-17-14;12-9-5-13-10(6-17)15-11(9)14-7-1-3-8(16)4-2-7;7-5-1-3-6(8)4-2-5;8-6(9)5-3-1-2-4-7-5;6-3-1-8-4(2-10)9-5(3)7;;/h2-4,9-12,22H,5-8H2,1H3,(H2,17,19,20,21);1-3,8-9,11-12,21-22H,4-7,10H2,(H,18,19,20);5,7-8,16-17H,1-4,6H2,(H,13,14,15);5-6,8H,1-4,7H2;1-4,8-9H;1,10H,2H2;;1H2/q;;;;;;+1;/p-1. The summed E-state index contributed by atoms with van der Waals surface area (Å²) in [6.45, 7) is 0. The molecule has 7 aromatic rings. The van der Waals surface area contributed by atoms with Gasteiger partial charge in [0.15, 0.2) is 0 Å². The molecule has 0 atom stereocenters. The minimum Gasteiger partial charge on any atom is -0.870 e. The van der Waals surface area contributed by atoms with E-state index >= 15 is 0 Å². The number of nitrogens with one attached hydrogen (secondary N) is 4. The fourth-order valence-corrected chi connectivity index (χ4v) is 10.6. The maximum atomic E-state index is 9.63. The second kappa shape index (κ2) is 42.8. The summed E-state index contributed by atoms with van der Waals surface area (Å²) in [5.74, 6) is 6.59. The normalized spacial score (nSPS) is 20.7. The number of pyridine rings is 3. The summed E-state index contributed by atoms with van der Waals surface area (Å²) in [6.07, 6.45) is 26.1. The first-order chi connectivity index (χ1) is 42.5.